The third kappa shape index (κ3) is 2.25. The van der Waals surface area contributed by atoms with E-state index in [0.29, 0.717) is 25.3 Å². The van der Waals surface area contributed by atoms with Crippen LogP contribution in [-0.2, 0) is 17.8 Å². The summed E-state index contributed by atoms with van der Waals surface area (Å²) in [5, 5.41) is 11.5. The van der Waals surface area contributed by atoms with Gasteiger partial charge in [0.2, 0.25) is 6.08 Å². The molecule has 0 atom stereocenters. The molecule has 1 aromatic heterocycles. The molecule has 0 amide bonds. The molecular formula is C6H9N5O. The molecule has 6 nitrogen and oxygen atoms in total. The van der Waals surface area contributed by atoms with E-state index in [4.69, 9.17) is 0 Å². The van der Waals surface area contributed by atoms with Crippen LogP contribution in [0.25, 0.3) is 0 Å². The minimum Gasteiger partial charge on any atom is -0.211 e. The SMILES string of the molecule is CCn1nnc(CCN=C=O)n1. The van der Waals surface area contributed by atoms with Crippen molar-refractivity contribution in [2.45, 2.75) is 19.9 Å². The molecule has 0 saturated carbocycles. The molecule has 0 aliphatic carbocycles. The van der Waals surface area contributed by atoms with Crippen molar-refractivity contribution in [1.82, 2.24) is 20.2 Å². The van der Waals surface area contributed by atoms with Gasteiger partial charge >= 0.3 is 0 Å². The number of tetrazole rings is 1. The number of carbonyl (C=O) groups excluding carboxylic acids is 1. The molecule has 1 aromatic rings. The Kier molecular flexibility index (Phi) is 3.10. The van der Waals surface area contributed by atoms with Crippen LogP contribution in [-0.4, -0.2) is 32.8 Å². The third-order valence-electron chi connectivity index (χ3n) is 1.29. The average Bonchev–Trinajstić information content (AvgIpc) is 2.53. The summed E-state index contributed by atoms with van der Waals surface area (Å²) in [5.74, 6) is 0.607. The zero-order valence-electron chi connectivity index (χ0n) is 6.77. The molecule has 12 heavy (non-hydrogen) atoms. The molecule has 0 bridgehead atoms. The van der Waals surface area contributed by atoms with E-state index in [2.05, 4.69) is 20.4 Å². The lowest BCUT2D eigenvalue weighted by Crippen LogP contribution is -1.99. The molecule has 1 rings (SSSR count). The van der Waals surface area contributed by atoms with Gasteiger partial charge in [-0.3, -0.25) is 0 Å². The summed E-state index contributed by atoms with van der Waals surface area (Å²) in [7, 11) is 0. The normalized spacial score (nSPS) is 9.42. The Hall–Kier alpha value is -1.55. The van der Waals surface area contributed by atoms with E-state index in [1.165, 1.54) is 10.9 Å². The molecule has 0 saturated heterocycles. The first-order chi connectivity index (χ1) is 5.86. The molecule has 6 heteroatoms. The lowest BCUT2D eigenvalue weighted by atomic mass is 10.4. The van der Waals surface area contributed by atoms with Crippen LogP contribution in [0.2, 0.25) is 0 Å². The Labute approximate surface area is 69.3 Å². The third-order valence-corrected chi connectivity index (χ3v) is 1.29. The van der Waals surface area contributed by atoms with Gasteiger partial charge in [0.1, 0.15) is 0 Å². The van der Waals surface area contributed by atoms with Crippen molar-refractivity contribution in [3.63, 3.8) is 0 Å². The Bertz CT molecular complexity index is 288. The Morgan fingerprint density at radius 2 is 2.50 bits per heavy atom. The summed E-state index contributed by atoms with van der Waals surface area (Å²) >= 11 is 0. The van der Waals surface area contributed by atoms with Gasteiger partial charge in [0.15, 0.2) is 5.82 Å². The van der Waals surface area contributed by atoms with Crippen molar-refractivity contribution in [1.29, 1.82) is 0 Å². The molecule has 0 N–H and O–H groups in total. The van der Waals surface area contributed by atoms with Crippen molar-refractivity contribution in [2.75, 3.05) is 6.54 Å². The van der Waals surface area contributed by atoms with Crippen LogP contribution in [0.5, 0.6) is 0 Å². The summed E-state index contributed by atoms with van der Waals surface area (Å²) in [6.07, 6.45) is 1.99. The van der Waals surface area contributed by atoms with Gasteiger partial charge in [0.05, 0.1) is 13.1 Å². The number of rotatable bonds is 4. The summed E-state index contributed by atoms with van der Waals surface area (Å²) in [5.41, 5.74) is 0. The highest BCUT2D eigenvalue weighted by Gasteiger charge is 1.99. The fourth-order valence-electron chi connectivity index (χ4n) is 0.712. The molecule has 0 aromatic carbocycles. The number of aliphatic imine (C=N–C) groups is 1. The maximum atomic E-state index is 9.70. The second-order valence-electron chi connectivity index (χ2n) is 2.12. The van der Waals surface area contributed by atoms with E-state index >= 15 is 0 Å². The van der Waals surface area contributed by atoms with Gasteiger partial charge in [-0.05, 0) is 12.1 Å². The molecule has 0 aliphatic rings. The van der Waals surface area contributed by atoms with E-state index in [1.54, 1.807) is 0 Å². The minimum atomic E-state index is 0.374. The maximum Gasteiger partial charge on any atom is 0.234 e. The van der Waals surface area contributed by atoms with Gasteiger partial charge in [-0.1, -0.05) is 0 Å². The first-order valence-corrected chi connectivity index (χ1v) is 3.67. The highest BCUT2D eigenvalue weighted by Crippen LogP contribution is 1.88. The van der Waals surface area contributed by atoms with Crippen molar-refractivity contribution >= 4 is 6.08 Å². The zero-order chi connectivity index (χ0) is 8.81. The number of aryl methyl sites for hydroxylation is 1. The van der Waals surface area contributed by atoms with Gasteiger partial charge in [-0.25, -0.2) is 9.79 Å². The molecule has 0 aliphatic heterocycles. The second kappa shape index (κ2) is 4.35. The van der Waals surface area contributed by atoms with Crippen LogP contribution in [0.15, 0.2) is 4.99 Å². The topological polar surface area (TPSA) is 73.0 Å². The van der Waals surface area contributed by atoms with E-state index in [0.717, 1.165) is 0 Å². The van der Waals surface area contributed by atoms with Crippen LogP contribution >= 0.6 is 0 Å². The zero-order valence-corrected chi connectivity index (χ0v) is 6.77. The minimum absolute atomic E-state index is 0.374. The van der Waals surface area contributed by atoms with Crippen LogP contribution in [0, 0.1) is 0 Å². The summed E-state index contributed by atoms with van der Waals surface area (Å²) in [4.78, 5) is 14.6. The molecule has 0 fully saturated rings. The lowest BCUT2D eigenvalue weighted by Gasteiger charge is -1.86. The Balaban J connectivity index is 2.46. The average molecular weight is 167 g/mol. The van der Waals surface area contributed by atoms with Crippen molar-refractivity contribution in [2.24, 2.45) is 4.99 Å². The first-order valence-electron chi connectivity index (χ1n) is 3.67. The van der Waals surface area contributed by atoms with E-state index in [-0.39, 0.29) is 0 Å². The van der Waals surface area contributed by atoms with Gasteiger partial charge in [0.25, 0.3) is 0 Å². The Morgan fingerprint density at radius 3 is 3.08 bits per heavy atom. The fourth-order valence-corrected chi connectivity index (χ4v) is 0.712. The van der Waals surface area contributed by atoms with E-state index in [9.17, 15) is 4.79 Å². The highest BCUT2D eigenvalue weighted by atomic mass is 16.1. The van der Waals surface area contributed by atoms with Gasteiger partial charge in [0, 0.05) is 6.42 Å². The monoisotopic (exact) mass is 167 g/mol. The summed E-state index contributed by atoms with van der Waals surface area (Å²) in [6, 6.07) is 0. The molecule has 64 valence electrons. The number of hydrogen-bond donors (Lipinski definition) is 0. The van der Waals surface area contributed by atoms with E-state index in [1.807, 2.05) is 6.92 Å². The van der Waals surface area contributed by atoms with E-state index < -0.39 is 0 Å². The van der Waals surface area contributed by atoms with Crippen molar-refractivity contribution in [3.05, 3.63) is 5.82 Å². The van der Waals surface area contributed by atoms with Crippen molar-refractivity contribution in [3.8, 4) is 0 Å². The van der Waals surface area contributed by atoms with Crippen LogP contribution in [0.1, 0.15) is 12.7 Å². The molecule has 1 heterocycles. The van der Waals surface area contributed by atoms with Gasteiger partial charge < -0.3 is 0 Å². The van der Waals surface area contributed by atoms with Crippen LogP contribution in [0.4, 0.5) is 0 Å². The smallest absolute Gasteiger partial charge is 0.211 e. The van der Waals surface area contributed by atoms with Gasteiger partial charge in [-0.2, -0.15) is 4.80 Å². The van der Waals surface area contributed by atoms with Crippen LogP contribution < -0.4 is 0 Å². The molecular weight excluding hydrogens is 158 g/mol. The largest absolute Gasteiger partial charge is 0.234 e. The molecule has 0 unspecified atom stereocenters. The number of aromatic nitrogens is 4. The highest BCUT2D eigenvalue weighted by molar-refractivity contribution is 5.32. The Morgan fingerprint density at radius 1 is 1.67 bits per heavy atom. The maximum absolute atomic E-state index is 9.70. The number of nitrogens with zero attached hydrogens (tertiary/aromatic N) is 5. The predicted octanol–water partition coefficient (Wildman–Crippen LogP) is -0.429. The first kappa shape index (κ1) is 8.55. The summed E-state index contributed by atoms with van der Waals surface area (Å²) in [6.45, 7) is 3.00. The predicted molar refractivity (Wildman–Crippen MR) is 40.2 cm³/mol. The molecule has 0 spiro atoms. The second-order valence-corrected chi connectivity index (χ2v) is 2.12. The summed E-state index contributed by atoms with van der Waals surface area (Å²) < 4.78 is 0. The number of isocyanates is 1. The fraction of sp³-hybridized carbons (Fsp3) is 0.667. The van der Waals surface area contributed by atoms with Crippen LogP contribution in [0.3, 0.4) is 0 Å². The number of hydrogen-bond acceptors (Lipinski definition) is 5. The standard InChI is InChI=1S/C6H9N5O/c1-2-11-9-6(8-10-11)3-4-7-5-12/h2-4H2,1H3. The molecule has 0 radical (unpaired) electrons. The van der Waals surface area contributed by atoms with Crippen molar-refractivity contribution < 1.29 is 4.79 Å². The van der Waals surface area contributed by atoms with Gasteiger partial charge in [-0.15, -0.1) is 10.2 Å². The quantitative estimate of drug-likeness (QED) is 0.450. The lowest BCUT2D eigenvalue weighted by molar-refractivity contribution is 0.550.